The summed E-state index contributed by atoms with van der Waals surface area (Å²) in [5.41, 5.74) is 1.88. The largest absolute Gasteiger partial charge is 0.474 e. The lowest BCUT2D eigenvalue weighted by molar-refractivity contribution is 0.0680. The van der Waals surface area contributed by atoms with Crippen LogP contribution in [0.3, 0.4) is 0 Å². The number of carbonyl (C=O) groups is 1. The zero-order valence-electron chi connectivity index (χ0n) is 19.9. The molecule has 1 amide bonds. The highest BCUT2D eigenvalue weighted by Crippen LogP contribution is 2.39. The molecule has 1 saturated carbocycles. The minimum absolute atomic E-state index is 0.00191. The predicted octanol–water partition coefficient (Wildman–Crippen LogP) is 6.16. The predicted molar refractivity (Wildman–Crippen MR) is 135 cm³/mol. The van der Waals surface area contributed by atoms with Gasteiger partial charge in [0.2, 0.25) is 5.88 Å². The summed E-state index contributed by atoms with van der Waals surface area (Å²) in [4.78, 5) is 23.7. The van der Waals surface area contributed by atoms with Crippen LogP contribution in [0.2, 0.25) is 5.02 Å². The van der Waals surface area contributed by atoms with E-state index >= 15 is 0 Å². The fraction of sp³-hybridized carbons (Fsp3) is 0.423. The van der Waals surface area contributed by atoms with Gasteiger partial charge in [0.1, 0.15) is 17.6 Å². The van der Waals surface area contributed by atoms with Gasteiger partial charge in [0.15, 0.2) is 0 Å². The zero-order chi connectivity index (χ0) is 25.9. The Bertz CT molecular complexity index is 1230. The number of hydrogen-bond donors (Lipinski definition) is 1. The second kappa shape index (κ2) is 11.4. The maximum atomic E-state index is 14.2. The lowest BCUT2D eigenvalue weighted by Gasteiger charge is -2.37. The van der Waals surface area contributed by atoms with E-state index in [0.717, 1.165) is 35.9 Å². The van der Waals surface area contributed by atoms with Gasteiger partial charge in [-0.2, -0.15) is 0 Å². The van der Waals surface area contributed by atoms with Crippen LogP contribution in [-0.4, -0.2) is 46.5 Å². The molecule has 1 atom stereocenters. The van der Waals surface area contributed by atoms with Crippen LogP contribution in [0.4, 0.5) is 13.2 Å². The van der Waals surface area contributed by atoms with Crippen LogP contribution in [0.25, 0.3) is 0 Å². The maximum absolute atomic E-state index is 14.2. The fourth-order valence-electron chi connectivity index (χ4n) is 4.64. The number of rotatable bonds is 9. The monoisotopic (exact) mass is 550 g/mol. The average Bonchev–Trinajstić information content (AvgIpc) is 3.62. The Kier molecular flexibility index (Phi) is 7.97. The van der Waals surface area contributed by atoms with Crippen molar-refractivity contribution in [1.29, 1.82) is 0 Å². The van der Waals surface area contributed by atoms with Crippen molar-refractivity contribution in [2.24, 2.45) is 0 Å². The molecule has 3 aromatic rings. The van der Waals surface area contributed by atoms with Crippen molar-refractivity contribution < 1.29 is 22.7 Å². The molecule has 0 radical (unpaired) electrons. The Morgan fingerprint density at radius 2 is 1.92 bits per heavy atom. The summed E-state index contributed by atoms with van der Waals surface area (Å²) in [5.74, 6) is -0.305. The number of nitrogens with one attached hydrogen (secondary N) is 1. The third kappa shape index (κ3) is 6.08. The highest BCUT2D eigenvalue weighted by Gasteiger charge is 2.33. The van der Waals surface area contributed by atoms with E-state index < -0.39 is 24.2 Å². The molecule has 196 valence electrons. The van der Waals surface area contributed by atoms with Crippen LogP contribution in [-0.2, 0) is 0 Å². The fourth-order valence-corrected chi connectivity index (χ4v) is 5.82. The summed E-state index contributed by atoms with van der Waals surface area (Å²) in [5, 5.41) is 2.68. The first-order chi connectivity index (χ1) is 17.9. The molecule has 0 spiro atoms. The third-order valence-electron chi connectivity index (χ3n) is 6.72. The standard InChI is InChI=1S/C26H26ClF3N4O2S/c27-17-3-1-4-18(28)22(17)26(35)31-13-20(24-23(25(29)30)32-14-37-24)34-11-9-16(10-12-34)36-21-6-2-5-19(33-21)15-7-8-15/h1-6,14-16,20,25H,7-13H2,(H,31,35). The molecule has 3 heterocycles. The summed E-state index contributed by atoms with van der Waals surface area (Å²) in [6.07, 6.45) is 0.860. The Labute approximate surface area is 221 Å². The summed E-state index contributed by atoms with van der Waals surface area (Å²) in [6.45, 7) is 1.13. The molecule has 1 saturated heterocycles. The van der Waals surface area contributed by atoms with Gasteiger partial charge in [-0.25, -0.2) is 23.1 Å². The number of amides is 1. The molecule has 5 rings (SSSR count). The number of hydrogen-bond acceptors (Lipinski definition) is 6. The second-order valence-electron chi connectivity index (χ2n) is 9.25. The molecule has 2 aromatic heterocycles. The van der Waals surface area contributed by atoms with Crippen molar-refractivity contribution in [2.45, 2.75) is 50.2 Å². The molecule has 1 aliphatic carbocycles. The number of halogens is 4. The molecule has 1 N–H and O–H groups in total. The van der Waals surface area contributed by atoms with Crippen molar-refractivity contribution in [3.63, 3.8) is 0 Å². The number of piperidine rings is 1. The van der Waals surface area contributed by atoms with E-state index in [1.54, 1.807) is 0 Å². The number of carbonyl (C=O) groups excluding carboxylic acids is 1. The average molecular weight is 551 g/mol. The molecule has 2 fully saturated rings. The van der Waals surface area contributed by atoms with Crippen LogP contribution in [0, 0.1) is 5.82 Å². The van der Waals surface area contributed by atoms with Gasteiger partial charge < -0.3 is 10.1 Å². The summed E-state index contributed by atoms with van der Waals surface area (Å²) >= 11 is 7.15. The quantitative estimate of drug-likeness (QED) is 0.345. The minimum atomic E-state index is -2.74. The first-order valence-electron chi connectivity index (χ1n) is 12.2. The van der Waals surface area contributed by atoms with Crippen molar-refractivity contribution >= 4 is 28.8 Å². The van der Waals surface area contributed by atoms with E-state index in [-0.39, 0.29) is 28.9 Å². The van der Waals surface area contributed by atoms with Crippen LogP contribution < -0.4 is 10.1 Å². The Morgan fingerprint density at radius 3 is 2.62 bits per heavy atom. The molecule has 2 aliphatic rings. The van der Waals surface area contributed by atoms with Crippen LogP contribution >= 0.6 is 22.9 Å². The smallest absolute Gasteiger partial charge is 0.281 e. The van der Waals surface area contributed by atoms with E-state index in [1.165, 1.54) is 17.6 Å². The van der Waals surface area contributed by atoms with Crippen LogP contribution in [0.1, 0.15) is 70.7 Å². The van der Waals surface area contributed by atoms with E-state index in [1.807, 2.05) is 23.1 Å². The third-order valence-corrected chi connectivity index (χ3v) is 7.99. The summed E-state index contributed by atoms with van der Waals surface area (Å²) < 4.78 is 47.8. The first-order valence-corrected chi connectivity index (χ1v) is 13.5. The van der Waals surface area contributed by atoms with Gasteiger partial charge in [-0.1, -0.05) is 23.7 Å². The first kappa shape index (κ1) is 25.9. The topological polar surface area (TPSA) is 67.4 Å². The van der Waals surface area contributed by atoms with Crippen molar-refractivity contribution in [3.8, 4) is 5.88 Å². The number of alkyl halides is 2. The molecule has 0 bridgehead atoms. The molecule has 1 aromatic carbocycles. The molecular formula is C26H26ClF3N4O2S. The van der Waals surface area contributed by atoms with Gasteiger partial charge >= 0.3 is 0 Å². The highest BCUT2D eigenvalue weighted by atomic mass is 35.5. The van der Waals surface area contributed by atoms with Gasteiger partial charge in [0, 0.05) is 37.3 Å². The molecule has 1 unspecified atom stereocenters. The number of ether oxygens (including phenoxy) is 1. The Balaban J connectivity index is 1.27. The molecule has 11 heteroatoms. The molecular weight excluding hydrogens is 525 g/mol. The number of benzene rings is 1. The molecule has 6 nitrogen and oxygen atoms in total. The van der Waals surface area contributed by atoms with E-state index in [4.69, 9.17) is 16.3 Å². The van der Waals surface area contributed by atoms with Crippen molar-refractivity contribution in [3.05, 3.63) is 74.6 Å². The second-order valence-corrected chi connectivity index (χ2v) is 10.5. The summed E-state index contributed by atoms with van der Waals surface area (Å²) in [6, 6.07) is 9.27. The van der Waals surface area contributed by atoms with Gasteiger partial charge in [0.25, 0.3) is 12.3 Å². The molecule has 37 heavy (non-hydrogen) atoms. The highest BCUT2D eigenvalue weighted by molar-refractivity contribution is 7.09. The van der Waals surface area contributed by atoms with Crippen LogP contribution in [0.15, 0.2) is 41.9 Å². The number of pyridine rings is 1. The van der Waals surface area contributed by atoms with Gasteiger partial charge in [-0.05, 0) is 43.9 Å². The number of likely N-dealkylation sites (tertiary alicyclic amines) is 1. The van der Waals surface area contributed by atoms with Gasteiger partial charge in [0.05, 0.1) is 27.0 Å². The number of nitrogens with zero attached hydrogens (tertiary/aromatic N) is 3. The summed E-state index contributed by atoms with van der Waals surface area (Å²) in [7, 11) is 0. The van der Waals surface area contributed by atoms with Crippen LogP contribution in [0.5, 0.6) is 5.88 Å². The SMILES string of the molecule is O=C(NCC(c1scnc1C(F)F)N1CCC(Oc2cccc(C3CC3)n2)CC1)c1c(F)cccc1Cl. The van der Waals surface area contributed by atoms with E-state index in [0.29, 0.717) is 42.6 Å². The maximum Gasteiger partial charge on any atom is 0.281 e. The van der Waals surface area contributed by atoms with Gasteiger partial charge in [-0.15, -0.1) is 11.3 Å². The van der Waals surface area contributed by atoms with E-state index in [2.05, 4.69) is 15.3 Å². The van der Waals surface area contributed by atoms with Gasteiger partial charge in [-0.3, -0.25) is 9.69 Å². The zero-order valence-corrected chi connectivity index (χ0v) is 21.5. The normalized spacial score (nSPS) is 17.6. The van der Waals surface area contributed by atoms with Crippen molar-refractivity contribution in [1.82, 2.24) is 20.2 Å². The lowest BCUT2D eigenvalue weighted by Crippen LogP contribution is -2.44. The number of thiazole rings is 1. The molecule has 1 aliphatic heterocycles. The number of aromatic nitrogens is 2. The Hall–Kier alpha value is -2.69. The Morgan fingerprint density at radius 1 is 1.16 bits per heavy atom. The minimum Gasteiger partial charge on any atom is -0.474 e. The lowest BCUT2D eigenvalue weighted by atomic mass is 10.0. The van der Waals surface area contributed by atoms with E-state index in [9.17, 15) is 18.0 Å². The van der Waals surface area contributed by atoms with Crippen molar-refractivity contribution in [2.75, 3.05) is 19.6 Å².